The van der Waals surface area contributed by atoms with Crippen molar-refractivity contribution in [3.63, 3.8) is 0 Å². The van der Waals surface area contributed by atoms with Crippen LogP contribution in [-0.4, -0.2) is 62.0 Å². The van der Waals surface area contributed by atoms with E-state index in [4.69, 9.17) is 42.1 Å². The summed E-state index contributed by atoms with van der Waals surface area (Å²) < 4.78 is 23.4. The van der Waals surface area contributed by atoms with Crippen molar-refractivity contribution >= 4 is 41.0 Å². The topological polar surface area (TPSA) is 148 Å². The Morgan fingerprint density at radius 1 is 1.02 bits per heavy atom. The van der Waals surface area contributed by atoms with Gasteiger partial charge in [0.25, 0.3) is 0 Å². The van der Waals surface area contributed by atoms with Gasteiger partial charge in [-0.3, -0.25) is 9.80 Å². The molecule has 0 radical (unpaired) electrons. The second kappa shape index (κ2) is 16.0. The molecule has 3 aliphatic rings. The van der Waals surface area contributed by atoms with Crippen LogP contribution in [0.1, 0.15) is 51.6 Å². The van der Waals surface area contributed by atoms with Crippen LogP contribution < -0.4 is 19.1 Å². The smallest absolute Gasteiger partial charge is 0.414 e. The van der Waals surface area contributed by atoms with Crippen LogP contribution in [0.3, 0.4) is 0 Å². The van der Waals surface area contributed by atoms with E-state index >= 15 is 0 Å². The number of aromatic nitrogens is 1. The number of piperidine rings is 3. The highest BCUT2D eigenvalue weighted by Crippen LogP contribution is 2.36. The van der Waals surface area contributed by atoms with Crippen molar-refractivity contribution in [1.29, 1.82) is 5.26 Å². The molecule has 4 aromatic rings. The Morgan fingerprint density at radius 3 is 2.33 bits per heavy atom. The average molecular weight is 748 g/mol. The third-order valence-corrected chi connectivity index (χ3v) is 10.1. The molecule has 3 aliphatic heterocycles. The van der Waals surface area contributed by atoms with Gasteiger partial charge in [0.15, 0.2) is 23.9 Å². The van der Waals surface area contributed by atoms with Gasteiger partial charge in [-0.1, -0.05) is 41.4 Å². The predicted octanol–water partition coefficient (Wildman–Crippen LogP) is 6.60. The van der Waals surface area contributed by atoms with Crippen LogP contribution in [0.5, 0.6) is 17.2 Å². The maximum absolute atomic E-state index is 13.7. The number of nitriles is 1. The normalized spacial score (nSPS) is 18.2. The molecular weight excluding hydrogens is 711 g/mol. The highest BCUT2D eigenvalue weighted by Gasteiger charge is 2.37. The summed E-state index contributed by atoms with van der Waals surface area (Å²) in [6, 6.07) is 17.9. The summed E-state index contributed by atoms with van der Waals surface area (Å²) in [6.45, 7) is 2.66. The third kappa shape index (κ3) is 8.29. The largest absolute Gasteiger partial charge is 0.619 e. The molecule has 3 aromatic carbocycles. The Labute approximate surface area is 310 Å². The van der Waals surface area contributed by atoms with Gasteiger partial charge in [-0.2, -0.15) is 9.99 Å². The maximum Gasteiger partial charge on any atom is 0.414 e. The molecule has 1 N–H and O–H groups in total. The van der Waals surface area contributed by atoms with Gasteiger partial charge in [-0.15, -0.1) is 0 Å². The number of carbonyl (C=O) groups is 2. The zero-order valence-electron chi connectivity index (χ0n) is 28.5. The number of phenols is 1. The lowest BCUT2D eigenvalue weighted by Gasteiger charge is -2.44. The number of methoxy groups -OCH3 is 2. The minimum absolute atomic E-state index is 0.0303. The molecule has 0 saturated carbocycles. The minimum Gasteiger partial charge on any atom is -0.619 e. The second-order valence-corrected chi connectivity index (χ2v) is 13.5. The minimum atomic E-state index is -0.902. The molecule has 7 rings (SSSR count). The molecule has 270 valence electrons. The van der Waals surface area contributed by atoms with E-state index in [-0.39, 0.29) is 51.9 Å². The van der Waals surface area contributed by atoms with E-state index < -0.39 is 18.2 Å². The number of nitrogens with zero attached hydrogens (tertiary/aromatic N) is 4. The molecule has 1 amide bonds. The van der Waals surface area contributed by atoms with Crippen LogP contribution >= 0.6 is 23.2 Å². The number of hydrogen-bond donors (Lipinski definition) is 1. The monoisotopic (exact) mass is 746 g/mol. The Hall–Kier alpha value is -5.22. The number of ether oxygens (including phenoxy) is 4. The van der Waals surface area contributed by atoms with E-state index in [1.807, 2.05) is 6.07 Å². The molecule has 12 nitrogen and oxygen atoms in total. The molecule has 3 fully saturated rings. The average Bonchev–Trinajstić information content (AvgIpc) is 3.14. The summed E-state index contributed by atoms with van der Waals surface area (Å²) in [5, 5.41) is 32.0. The zero-order valence-corrected chi connectivity index (χ0v) is 30.0. The number of anilines is 1. The van der Waals surface area contributed by atoms with Gasteiger partial charge in [0.1, 0.15) is 28.0 Å². The summed E-state index contributed by atoms with van der Waals surface area (Å²) >= 11 is 12.8. The van der Waals surface area contributed by atoms with Gasteiger partial charge >= 0.3 is 12.1 Å². The van der Waals surface area contributed by atoms with E-state index in [1.165, 1.54) is 49.7 Å². The first-order valence-electron chi connectivity index (χ1n) is 16.6. The zero-order chi connectivity index (χ0) is 36.9. The van der Waals surface area contributed by atoms with Crippen LogP contribution in [0.15, 0.2) is 73.1 Å². The molecule has 0 unspecified atom stereocenters. The van der Waals surface area contributed by atoms with Crippen molar-refractivity contribution in [2.75, 3.05) is 38.8 Å². The highest BCUT2D eigenvalue weighted by molar-refractivity contribution is 6.35. The molecule has 2 bridgehead atoms. The molecule has 2 atom stereocenters. The molecule has 3 saturated heterocycles. The van der Waals surface area contributed by atoms with E-state index in [0.717, 1.165) is 25.9 Å². The first kappa shape index (κ1) is 36.6. The fraction of sp³-hybridized carbons (Fsp3) is 0.316. The lowest BCUT2D eigenvalue weighted by atomic mass is 9.86. The summed E-state index contributed by atoms with van der Waals surface area (Å²) in [5.41, 5.74) is 2.33. The molecule has 52 heavy (non-hydrogen) atoms. The van der Waals surface area contributed by atoms with Crippen molar-refractivity contribution in [2.45, 2.75) is 38.0 Å². The first-order valence-corrected chi connectivity index (χ1v) is 17.3. The lowest BCUT2D eigenvalue weighted by molar-refractivity contribution is -0.605. The maximum atomic E-state index is 13.7. The standard InChI is InChI=1S/C38H36Cl2N4O8/c1-49-33-8-7-27(15-35(33)50-2)34(17-30-31(39)20-43(48)21-32(30)40)51-37(46)26-5-3-23(4-6-26)19-44(28-13-24(18-41)14-29(45)16-28)38(47)52-36-22-42-11-9-25(36)10-12-42/h3-8,13-16,20-21,25,34,36,45H,9-12,17,19,22H2,1-2H3/t34-,36-/m0/s1. The lowest BCUT2D eigenvalue weighted by Crippen LogP contribution is -2.53. The number of esters is 1. The number of hydrogen-bond acceptors (Lipinski definition) is 10. The van der Waals surface area contributed by atoms with Crippen LogP contribution in [0.25, 0.3) is 0 Å². The Kier molecular flexibility index (Phi) is 11.2. The molecule has 4 heterocycles. The molecule has 1 aromatic heterocycles. The number of benzene rings is 3. The van der Waals surface area contributed by atoms with Crippen molar-refractivity contribution in [3.8, 4) is 23.3 Å². The van der Waals surface area contributed by atoms with Gasteiger partial charge in [0, 0.05) is 24.6 Å². The summed E-state index contributed by atoms with van der Waals surface area (Å²) in [4.78, 5) is 31.0. The second-order valence-electron chi connectivity index (χ2n) is 12.7. The van der Waals surface area contributed by atoms with Gasteiger partial charge in [-0.25, -0.2) is 9.59 Å². The van der Waals surface area contributed by atoms with Gasteiger partial charge in [0.2, 0.25) is 0 Å². The van der Waals surface area contributed by atoms with Crippen molar-refractivity contribution in [3.05, 3.63) is 116 Å². The predicted molar refractivity (Wildman–Crippen MR) is 192 cm³/mol. The first-order chi connectivity index (χ1) is 25.0. The number of phenolic OH excluding ortho intramolecular Hbond substituents is 1. The van der Waals surface area contributed by atoms with E-state index in [1.54, 1.807) is 42.5 Å². The SMILES string of the molecule is COc1ccc([C@H](Cc2c(Cl)c[n+]([O-])cc2Cl)OC(=O)c2ccc(CN(C(=O)O[C@H]3CN4CCC3CC4)c3cc(O)cc(C#N)c3)cc2)cc1OC. The fourth-order valence-electron chi connectivity index (χ4n) is 6.63. The highest BCUT2D eigenvalue weighted by atomic mass is 35.5. The van der Waals surface area contributed by atoms with E-state index in [0.29, 0.717) is 45.2 Å². The van der Waals surface area contributed by atoms with Gasteiger partial charge < -0.3 is 29.3 Å². The van der Waals surface area contributed by atoms with E-state index in [9.17, 15) is 25.2 Å². The number of fused-ring (bicyclic) bond motifs is 3. The van der Waals surface area contributed by atoms with Crippen molar-refractivity contribution in [2.24, 2.45) is 5.92 Å². The fourth-order valence-corrected chi connectivity index (χ4v) is 7.23. The van der Waals surface area contributed by atoms with Gasteiger partial charge in [0.05, 0.1) is 43.6 Å². The number of aromatic hydroxyl groups is 1. The van der Waals surface area contributed by atoms with E-state index in [2.05, 4.69) is 4.90 Å². The molecule has 0 aliphatic carbocycles. The van der Waals surface area contributed by atoms with Crippen LogP contribution in [0.4, 0.5) is 10.5 Å². The quantitative estimate of drug-likeness (QED) is 0.101. The number of carbonyl (C=O) groups excluding carboxylic acids is 2. The van der Waals surface area contributed by atoms with Crippen LogP contribution in [0, 0.1) is 22.5 Å². The number of halogens is 2. The molecular formula is C38H36Cl2N4O8. The van der Waals surface area contributed by atoms with Crippen molar-refractivity contribution < 1.29 is 38.4 Å². The number of amides is 1. The Balaban J connectivity index is 1.24. The van der Waals surface area contributed by atoms with Crippen molar-refractivity contribution in [1.82, 2.24) is 4.90 Å². The summed E-state index contributed by atoms with van der Waals surface area (Å²) in [6.07, 6.45) is 2.53. The third-order valence-electron chi connectivity index (χ3n) is 9.42. The number of pyridine rings is 1. The molecule has 0 spiro atoms. The summed E-state index contributed by atoms with van der Waals surface area (Å²) in [7, 11) is 3.00. The molecule has 14 heteroatoms. The van der Waals surface area contributed by atoms with Crippen LogP contribution in [-0.2, 0) is 22.4 Å². The van der Waals surface area contributed by atoms with Gasteiger partial charge in [-0.05, 0) is 79.4 Å². The van der Waals surface area contributed by atoms with Crippen LogP contribution in [0.2, 0.25) is 10.0 Å². The summed E-state index contributed by atoms with van der Waals surface area (Å²) in [5.74, 6) is 0.352. The Bertz CT molecular complexity index is 1970. The number of rotatable bonds is 11. The Morgan fingerprint density at radius 2 is 1.71 bits per heavy atom.